The SMILES string of the molecule is O=C(O)CCCc1ccc(OCc2cccc(C3=CCC(=O)CC3)c2)cc1. The number of carboxylic acid groups (broad SMARTS) is 1. The number of carbonyl (C=O) groups is 2. The summed E-state index contributed by atoms with van der Waals surface area (Å²) in [5.74, 6) is 0.349. The zero-order valence-corrected chi connectivity index (χ0v) is 15.3. The highest BCUT2D eigenvalue weighted by atomic mass is 16.5. The van der Waals surface area contributed by atoms with E-state index in [0.717, 1.165) is 35.3 Å². The third-order valence-electron chi connectivity index (χ3n) is 4.73. The molecule has 1 N–H and O–H groups in total. The molecule has 0 bridgehead atoms. The average molecular weight is 364 g/mol. The Hall–Kier alpha value is -2.88. The number of carbonyl (C=O) groups excluding carboxylic acids is 1. The highest BCUT2D eigenvalue weighted by molar-refractivity contribution is 5.86. The fourth-order valence-corrected chi connectivity index (χ4v) is 3.20. The Labute approximate surface area is 159 Å². The molecule has 2 aromatic carbocycles. The number of allylic oxidation sites excluding steroid dienone is 2. The van der Waals surface area contributed by atoms with Gasteiger partial charge in [0.05, 0.1) is 0 Å². The molecule has 0 fully saturated rings. The number of carboxylic acids is 1. The molecule has 3 rings (SSSR count). The van der Waals surface area contributed by atoms with Gasteiger partial charge in [-0.05, 0) is 59.7 Å². The van der Waals surface area contributed by atoms with Crippen LogP contribution in [0.2, 0.25) is 0 Å². The maximum absolute atomic E-state index is 11.4. The second kappa shape index (κ2) is 9.17. The largest absolute Gasteiger partial charge is 0.489 e. The minimum atomic E-state index is -0.757. The van der Waals surface area contributed by atoms with Crippen molar-refractivity contribution in [3.05, 3.63) is 71.3 Å². The topological polar surface area (TPSA) is 63.6 Å². The number of Topliss-reactive ketones (excluding diaryl/α,β-unsaturated/α-hetero) is 1. The van der Waals surface area contributed by atoms with Crippen molar-refractivity contribution < 1.29 is 19.4 Å². The molecule has 1 aliphatic rings. The smallest absolute Gasteiger partial charge is 0.303 e. The molecule has 4 heteroatoms. The number of aryl methyl sites for hydroxylation is 1. The van der Waals surface area contributed by atoms with E-state index in [1.54, 1.807) is 0 Å². The second-order valence-electron chi connectivity index (χ2n) is 6.85. The summed E-state index contributed by atoms with van der Waals surface area (Å²) in [6.07, 6.45) is 5.61. The molecule has 0 atom stereocenters. The first-order valence-electron chi connectivity index (χ1n) is 9.34. The van der Waals surface area contributed by atoms with E-state index in [0.29, 0.717) is 31.7 Å². The van der Waals surface area contributed by atoms with Gasteiger partial charge in [0.2, 0.25) is 0 Å². The Morgan fingerprint density at radius 3 is 2.56 bits per heavy atom. The van der Waals surface area contributed by atoms with Gasteiger partial charge in [-0.1, -0.05) is 36.4 Å². The van der Waals surface area contributed by atoms with Gasteiger partial charge in [0.1, 0.15) is 18.1 Å². The number of ketones is 1. The maximum atomic E-state index is 11.4. The average Bonchev–Trinajstić information content (AvgIpc) is 2.68. The number of benzene rings is 2. The number of hydrogen-bond acceptors (Lipinski definition) is 3. The Morgan fingerprint density at radius 1 is 1.04 bits per heavy atom. The van der Waals surface area contributed by atoms with E-state index in [-0.39, 0.29) is 6.42 Å². The van der Waals surface area contributed by atoms with Crippen molar-refractivity contribution in [2.24, 2.45) is 0 Å². The van der Waals surface area contributed by atoms with Crippen molar-refractivity contribution in [3.63, 3.8) is 0 Å². The van der Waals surface area contributed by atoms with Gasteiger partial charge < -0.3 is 9.84 Å². The van der Waals surface area contributed by atoms with Gasteiger partial charge in [-0.25, -0.2) is 0 Å². The van der Waals surface area contributed by atoms with Gasteiger partial charge in [-0.2, -0.15) is 0 Å². The summed E-state index contributed by atoms with van der Waals surface area (Å²) in [6, 6.07) is 16.1. The first-order chi connectivity index (χ1) is 13.1. The molecule has 0 heterocycles. The molecule has 0 radical (unpaired) electrons. The summed E-state index contributed by atoms with van der Waals surface area (Å²) in [5, 5.41) is 8.69. The van der Waals surface area contributed by atoms with Gasteiger partial charge in [-0.15, -0.1) is 0 Å². The third-order valence-corrected chi connectivity index (χ3v) is 4.73. The zero-order chi connectivity index (χ0) is 19.1. The van der Waals surface area contributed by atoms with Crippen LogP contribution in [-0.4, -0.2) is 16.9 Å². The lowest BCUT2D eigenvalue weighted by Crippen LogP contribution is -2.03. The fourth-order valence-electron chi connectivity index (χ4n) is 3.20. The molecule has 0 saturated carbocycles. The Morgan fingerprint density at radius 2 is 1.85 bits per heavy atom. The highest BCUT2D eigenvalue weighted by Crippen LogP contribution is 2.26. The van der Waals surface area contributed by atoms with Crippen LogP contribution in [0.1, 0.15) is 48.8 Å². The molecule has 0 spiro atoms. The molecule has 0 unspecified atom stereocenters. The van der Waals surface area contributed by atoms with E-state index in [1.807, 2.05) is 42.5 Å². The molecule has 140 valence electrons. The number of aliphatic carboxylic acids is 1. The molecule has 0 aliphatic heterocycles. The first-order valence-corrected chi connectivity index (χ1v) is 9.34. The molecule has 0 amide bonds. The summed E-state index contributed by atoms with van der Waals surface area (Å²) < 4.78 is 5.88. The van der Waals surface area contributed by atoms with Crippen LogP contribution in [0.25, 0.3) is 5.57 Å². The van der Waals surface area contributed by atoms with Crippen molar-refractivity contribution in [3.8, 4) is 5.75 Å². The Bertz CT molecular complexity index is 834. The standard InChI is InChI=1S/C23H24O4/c24-21-11-9-19(10-12-21)20-5-1-4-18(15-20)16-27-22-13-7-17(8-14-22)3-2-6-23(25)26/h1,4-5,7-9,13-15H,2-3,6,10-12,16H2,(H,25,26). The van der Waals surface area contributed by atoms with Crippen LogP contribution >= 0.6 is 0 Å². The lowest BCUT2D eigenvalue weighted by atomic mass is 9.92. The van der Waals surface area contributed by atoms with Gasteiger partial charge in [0, 0.05) is 19.3 Å². The number of rotatable bonds is 8. The molecular weight excluding hydrogens is 340 g/mol. The molecule has 27 heavy (non-hydrogen) atoms. The summed E-state index contributed by atoms with van der Waals surface area (Å²) in [6.45, 7) is 0.485. The maximum Gasteiger partial charge on any atom is 0.303 e. The molecule has 4 nitrogen and oxygen atoms in total. The minimum absolute atomic E-state index is 0.194. The van der Waals surface area contributed by atoms with Gasteiger partial charge in [0.25, 0.3) is 0 Å². The van der Waals surface area contributed by atoms with E-state index in [9.17, 15) is 9.59 Å². The number of ether oxygens (including phenoxy) is 1. The summed E-state index contributed by atoms with van der Waals surface area (Å²) in [5.41, 5.74) is 4.61. The fraction of sp³-hybridized carbons (Fsp3) is 0.304. The summed E-state index contributed by atoms with van der Waals surface area (Å²) in [7, 11) is 0. The van der Waals surface area contributed by atoms with Crippen LogP contribution in [0.4, 0.5) is 0 Å². The van der Waals surface area contributed by atoms with Gasteiger partial charge in [0.15, 0.2) is 0 Å². The van der Waals surface area contributed by atoms with Crippen molar-refractivity contribution in [1.82, 2.24) is 0 Å². The molecule has 0 saturated heterocycles. The van der Waals surface area contributed by atoms with Crippen LogP contribution < -0.4 is 4.74 Å². The van der Waals surface area contributed by atoms with Crippen LogP contribution in [0, 0.1) is 0 Å². The molecular formula is C23H24O4. The van der Waals surface area contributed by atoms with Crippen LogP contribution in [-0.2, 0) is 22.6 Å². The predicted octanol–water partition coefficient (Wildman–Crippen LogP) is 4.81. The van der Waals surface area contributed by atoms with Crippen molar-refractivity contribution in [2.45, 2.75) is 45.1 Å². The zero-order valence-electron chi connectivity index (χ0n) is 15.3. The Kier molecular flexibility index (Phi) is 6.42. The van der Waals surface area contributed by atoms with Crippen LogP contribution in [0.5, 0.6) is 5.75 Å². The van der Waals surface area contributed by atoms with E-state index >= 15 is 0 Å². The number of hydrogen-bond donors (Lipinski definition) is 1. The van der Waals surface area contributed by atoms with E-state index in [1.165, 1.54) is 5.57 Å². The summed E-state index contributed by atoms with van der Waals surface area (Å²) >= 11 is 0. The quantitative estimate of drug-likeness (QED) is 0.730. The molecule has 1 aliphatic carbocycles. The Balaban J connectivity index is 1.55. The van der Waals surface area contributed by atoms with E-state index in [4.69, 9.17) is 9.84 Å². The van der Waals surface area contributed by atoms with Crippen molar-refractivity contribution >= 4 is 17.3 Å². The lowest BCUT2D eigenvalue weighted by Gasteiger charge is -2.14. The predicted molar refractivity (Wildman–Crippen MR) is 105 cm³/mol. The van der Waals surface area contributed by atoms with Crippen LogP contribution in [0.15, 0.2) is 54.6 Å². The third kappa shape index (κ3) is 5.81. The highest BCUT2D eigenvalue weighted by Gasteiger charge is 2.12. The van der Waals surface area contributed by atoms with E-state index in [2.05, 4.69) is 12.1 Å². The first kappa shape index (κ1) is 18.9. The molecule has 2 aromatic rings. The van der Waals surface area contributed by atoms with Crippen LogP contribution in [0.3, 0.4) is 0 Å². The lowest BCUT2D eigenvalue weighted by molar-refractivity contribution is -0.137. The molecule has 0 aromatic heterocycles. The van der Waals surface area contributed by atoms with Crippen molar-refractivity contribution in [1.29, 1.82) is 0 Å². The van der Waals surface area contributed by atoms with E-state index < -0.39 is 5.97 Å². The minimum Gasteiger partial charge on any atom is -0.489 e. The summed E-state index contributed by atoms with van der Waals surface area (Å²) in [4.78, 5) is 22.0. The van der Waals surface area contributed by atoms with Gasteiger partial charge >= 0.3 is 5.97 Å². The monoisotopic (exact) mass is 364 g/mol. The van der Waals surface area contributed by atoms with Gasteiger partial charge in [-0.3, -0.25) is 9.59 Å². The van der Waals surface area contributed by atoms with Crippen molar-refractivity contribution in [2.75, 3.05) is 0 Å². The second-order valence-corrected chi connectivity index (χ2v) is 6.85. The normalized spacial score (nSPS) is 13.9.